The van der Waals surface area contributed by atoms with Crippen molar-refractivity contribution < 1.29 is 13.2 Å². The topological polar surface area (TPSA) is 25.8 Å². The molecule has 0 aliphatic carbocycles. The molecule has 1 radical (unpaired) electrons. The van der Waals surface area contributed by atoms with Crippen LogP contribution in [-0.2, 0) is 19.3 Å². The molecule has 0 N–H and O–H groups in total. The molecule has 119 valence electrons. The number of thiazole rings is 1. The van der Waals surface area contributed by atoms with E-state index in [0.29, 0.717) is 17.5 Å². The first-order chi connectivity index (χ1) is 11.0. The van der Waals surface area contributed by atoms with Crippen LogP contribution in [0.15, 0.2) is 12.1 Å². The van der Waals surface area contributed by atoms with Gasteiger partial charge in [0, 0.05) is 29.9 Å². The van der Waals surface area contributed by atoms with E-state index in [1.54, 1.807) is 0 Å². The first-order valence-corrected chi connectivity index (χ1v) is 8.17. The molecule has 6 heteroatoms. The Morgan fingerprint density at radius 1 is 1.09 bits per heavy atom. The number of pyridine rings is 1. The van der Waals surface area contributed by atoms with Gasteiger partial charge in [-0.25, -0.2) is 18.2 Å². The van der Waals surface area contributed by atoms with E-state index in [2.05, 4.69) is 16.0 Å². The van der Waals surface area contributed by atoms with Crippen LogP contribution in [0.1, 0.15) is 35.8 Å². The molecular weight excluding hydrogens is 321 g/mol. The fourth-order valence-electron chi connectivity index (χ4n) is 2.43. The van der Waals surface area contributed by atoms with Crippen molar-refractivity contribution in [1.29, 1.82) is 0 Å². The highest BCUT2D eigenvalue weighted by Crippen LogP contribution is 2.30. The van der Waals surface area contributed by atoms with Crippen LogP contribution >= 0.6 is 11.3 Å². The number of hydrogen-bond acceptors (Lipinski definition) is 3. The number of hydrogen-bond donors (Lipinski definition) is 0. The molecule has 1 aromatic carbocycles. The van der Waals surface area contributed by atoms with Gasteiger partial charge in [0.1, 0.15) is 11.3 Å². The van der Waals surface area contributed by atoms with E-state index in [1.807, 2.05) is 19.9 Å². The maximum absolute atomic E-state index is 13.8. The fourth-order valence-corrected chi connectivity index (χ4v) is 3.42. The summed E-state index contributed by atoms with van der Waals surface area (Å²) in [6, 6.07) is 5.51. The molecular formula is C17H14F3N2S. The Kier molecular flexibility index (Phi) is 4.35. The summed E-state index contributed by atoms with van der Waals surface area (Å²) < 4.78 is 40.9. The average molecular weight is 335 g/mol. The molecule has 2 aromatic heterocycles. The average Bonchev–Trinajstić information content (AvgIpc) is 2.97. The lowest BCUT2D eigenvalue weighted by Crippen LogP contribution is -2.01. The molecule has 3 rings (SSSR count). The van der Waals surface area contributed by atoms with E-state index in [1.165, 1.54) is 0 Å². The minimum Gasteiger partial charge on any atom is -0.257 e. The van der Waals surface area contributed by atoms with Crippen molar-refractivity contribution in [2.24, 2.45) is 0 Å². The number of aromatic nitrogens is 2. The standard InChI is InChI=1S/C17H14F3N2S/c1-3-10-6-5-9(13(4-2)21-10)7-14-22-16-15(20)11(18)8-12(19)17(16)23-14/h5,8H,3-4,7H2,1-2H3. The largest absolute Gasteiger partial charge is 0.257 e. The monoisotopic (exact) mass is 335 g/mol. The summed E-state index contributed by atoms with van der Waals surface area (Å²) in [7, 11) is 0. The van der Waals surface area contributed by atoms with E-state index in [9.17, 15) is 13.2 Å². The first-order valence-electron chi connectivity index (χ1n) is 7.35. The van der Waals surface area contributed by atoms with Gasteiger partial charge in [-0.2, -0.15) is 0 Å². The second kappa shape index (κ2) is 6.28. The van der Waals surface area contributed by atoms with Crippen LogP contribution in [0.5, 0.6) is 0 Å². The summed E-state index contributed by atoms with van der Waals surface area (Å²) in [5, 5.41) is 0.526. The number of fused-ring (bicyclic) bond motifs is 1. The third-order valence-corrected chi connectivity index (χ3v) is 4.69. The van der Waals surface area contributed by atoms with Crippen LogP contribution < -0.4 is 0 Å². The molecule has 0 unspecified atom stereocenters. The number of nitrogens with zero attached hydrogens (tertiary/aromatic N) is 2. The third-order valence-electron chi connectivity index (χ3n) is 3.62. The number of benzene rings is 1. The second-order valence-electron chi connectivity index (χ2n) is 5.14. The Labute approximate surface area is 136 Å². The zero-order valence-corrected chi connectivity index (χ0v) is 13.5. The van der Waals surface area contributed by atoms with Gasteiger partial charge in [-0.1, -0.05) is 13.8 Å². The van der Waals surface area contributed by atoms with E-state index in [-0.39, 0.29) is 10.2 Å². The lowest BCUT2D eigenvalue weighted by atomic mass is 10.1. The molecule has 0 amide bonds. The third kappa shape index (κ3) is 2.95. The van der Waals surface area contributed by atoms with Crippen LogP contribution in [0, 0.1) is 23.5 Å². The number of rotatable bonds is 4. The Hall–Kier alpha value is -1.95. The second-order valence-corrected chi connectivity index (χ2v) is 6.23. The van der Waals surface area contributed by atoms with Crippen molar-refractivity contribution in [3.05, 3.63) is 57.6 Å². The molecule has 2 nitrogen and oxygen atoms in total. The van der Waals surface area contributed by atoms with Gasteiger partial charge in [0.2, 0.25) is 0 Å². The highest BCUT2D eigenvalue weighted by molar-refractivity contribution is 7.18. The van der Waals surface area contributed by atoms with Gasteiger partial charge < -0.3 is 0 Å². The van der Waals surface area contributed by atoms with Crippen LogP contribution in [0.2, 0.25) is 0 Å². The lowest BCUT2D eigenvalue weighted by molar-refractivity contribution is 0.504. The zero-order chi connectivity index (χ0) is 16.6. The minimum absolute atomic E-state index is 0.0408. The predicted molar refractivity (Wildman–Crippen MR) is 84.1 cm³/mol. The quantitative estimate of drug-likeness (QED) is 0.650. The summed E-state index contributed by atoms with van der Waals surface area (Å²) in [4.78, 5) is 8.59. The van der Waals surface area contributed by atoms with E-state index >= 15 is 0 Å². The Morgan fingerprint density at radius 3 is 2.57 bits per heavy atom. The normalized spacial score (nSPS) is 11.3. The molecule has 0 bridgehead atoms. The van der Waals surface area contributed by atoms with Gasteiger partial charge in [-0.3, -0.25) is 4.98 Å². The van der Waals surface area contributed by atoms with Gasteiger partial charge in [0.05, 0.1) is 9.71 Å². The van der Waals surface area contributed by atoms with Crippen molar-refractivity contribution in [3.63, 3.8) is 0 Å². The predicted octanol–water partition coefficient (Wildman–Crippen LogP) is 4.62. The molecule has 0 saturated heterocycles. The van der Waals surface area contributed by atoms with E-state index in [0.717, 1.165) is 41.1 Å². The minimum atomic E-state index is -1.22. The first kappa shape index (κ1) is 15.9. The molecule has 0 atom stereocenters. The molecule has 0 spiro atoms. The molecule has 3 aromatic rings. The Balaban J connectivity index is 2.02. The Morgan fingerprint density at radius 2 is 1.87 bits per heavy atom. The van der Waals surface area contributed by atoms with Crippen molar-refractivity contribution in [2.45, 2.75) is 33.1 Å². The maximum Gasteiger partial charge on any atom is 0.186 e. The smallest absolute Gasteiger partial charge is 0.186 e. The highest BCUT2D eigenvalue weighted by Gasteiger charge is 2.18. The van der Waals surface area contributed by atoms with Gasteiger partial charge in [0.15, 0.2) is 11.6 Å². The van der Waals surface area contributed by atoms with Crippen molar-refractivity contribution >= 4 is 21.6 Å². The van der Waals surface area contributed by atoms with Crippen molar-refractivity contribution in [3.8, 4) is 0 Å². The Bertz CT molecular complexity index is 874. The van der Waals surface area contributed by atoms with Crippen molar-refractivity contribution in [1.82, 2.24) is 9.97 Å². The fraction of sp³-hybridized carbons (Fsp3) is 0.294. The van der Waals surface area contributed by atoms with Crippen LogP contribution in [0.3, 0.4) is 0 Å². The number of halogens is 3. The lowest BCUT2D eigenvalue weighted by Gasteiger charge is -2.07. The van der Waals surface area contributed by atoms with Crippen LogP contribution in [0.25, 0.3) is 10.2 Å². The summed E-state index contributed by atoms with van der Waals surface area (Å²) >= 11 is 1.04. The van der Waals surface area contributed by atoms with E-state index in [4.69, 9.17) is 0 Å². The molecule has 0 aliphatic rings. The molecule has 0 fully saturated rings. The van der Waals surface area contributed by atoms with Crippen LogP contribution in [-0.4, -0.2) is 9.97 Å². The molecule has 23 heavy (non-hydrogen) atoms. The van der Waals surface area contributed by atoms with Gasteiger partial charge >= 0.3 is 0 Å². The summed E-state index contributed by atoms with van der Waals surface area (Å²) in [6.45, 7) is 4.00. The van der Waals surface area contributed by atoms with Crippen LogP contribution in [0.4, 0.5) is 13.2 Å². The zero-order valence-electron chi connectivity index (χ0n) is 12.7. The van der Waals surface area contributed by atoms with Gasteiger partial charge in [-0.15, -0.1) is 11.3 Å². The maximum atomic E-state index is 13.8. The summed E-state index contributed by atoms with van der Waals surface area (Å²) in [6.07, 6.45) is 1.94. The number of aryl methyl sites for hydroxylation is 2. The highest BCUT2D eigenvalue weighted by atomic mass is 32.1. The van der Waals surface area contributed by atoms with Gasteiger partial charge in [-0.05, 0) is 24.5 Å². The van der Waals surface area contributed by atoms with E-state index < -0.39 is 17.5 Å². The summed E-state index contributed by atoms with van der Waals surface area (Å²) in [5.41, 5.74) is 2.48. The van der Waals surface area contributed by atoms with Crippen molar-refractivity contribution in [2.75, 3.05) is 0 Å². The summed E-state index contributed by atoms with van der Waals surface area (Å²) in [5.74, 6) is -3.11. The molecule has 0 saturated carbocycles. The molecule has 2 heterocycles. The van der Waals surface area contributed by atoms with Gasteiger partial charge in [0.25, 0.3) is 0 Å². The molecule has 0 aliphatic heterocycles. The SMILES string of the molecule is CCc1[c]cc(Cc2nc3c(F)c(F)cc(F)c3s2)c(CC)n1.